The number of aryl methyl sites for hydroxylation is 1. The van der Waals surface area contributed by atoms with E-state index < -0.39 is 0 Å². The van der Waals surface area contributed by atoms with Crippen LogP contribution in [0.1, 0.15) is 57.2 Å². The van der Waals surface area contributed by atoms with Crippen LogP contribution in [-0.2, 0) is 13.0 Å². The largest absolute Gasteiger partial charge is 0.314 e. The van der Waals surface area contributed by atoms with Gasteiger partial charge in [0.25, 0.3) is 0 Å². The fraction of sp³-hybridized carbons (Fsp3) is 0.867. The number of hydrogen-bond donors (Lipinski definition) is 1. The summed E-state index contributed by atoms with van der Waals surface area (Å²) >= 11 is 0. The van der Waals surface area contributed by atoms with Crippen molar-refractivity contribution in [2.45, 2.75) is 64.6 Å². The second-order valence-electron chi connectivity index (χ2n) is 6.23. The van der Waals surface area contributed by atoms with Crippen LogP contribution in [0, 0.1) is 0 Å². The molecule has 1 aromatic rings. The van der Waals surface area contributed by atoms with Gasteiger partial charge in [-0.25, -0.2) is 0 Å². The fourth-order valence-electron chi connectivity index (χ4n) is 3.56. The van der Waals surface area contributed by atoms with Gasteiger partial charge in [0.15, 0.2) is 0 Å². The van der Waals surface area contributed by atoms with Crippen LogP contribution in [0.25, 0.3) is 0 Å². The third-order valence-corrected chi connectivity index (χ3v) is 4.64. The molecule has 2 aliphatic heterocycles. The third kappa shape index (κ3) is 2.88. The lowest BCUT2D eigenvalue weighted by Crippen LogP contribution is -2.43. The first-order valence-corrected chi connectivity index (χ1v) is 8.18. The van der Waals surface area contributed by atoms with Crippen molar-refractivity contribution in [2.75, 3.05) is 19.6 Å². The Morgan fingerprint density at radius 1 is 1.25 bits per heavy atom. The maximum absolute atomic E-state index is 4.39. The van der Waals surface area contributed by atoms with E-state index in [1.54, 1.807) is 0 Å². The van der Waals surface area contributed by atoms with Crippen molar-refractivity contribution >= 4 is 0 Å². The topological polar surface area (TPSA) is 46.0 Å². The predicted octanol–water partition coefficient (Wildman–Crippen LogP) is 1.75. The molecule has 1 N–H and O–H groups in total. The first kappa shape index (κ1) is 14.0. The summed E-state index contributed by atoms with van der Waals surface area (Å²) in [5, 5.41) is 12.5. The van der Waals surface area contributed by atoms with E-state index in [1.165, 1.54) is 51.1 Å². The Morgan fingerprint density at radius 2 is 2.05 bits per heavy atom. The zero-order valence-corrected chi connectivity index (χ0v) is 12.8. The zero-order chi connectivity index (χ0) is 13.9. The highest BCUT2D eigenvalue weighted by Gasteiger charge is 2.25. The van der Waals surface area contributed by atoms with Crippen LogP contribution in [0.5, 0.6) is 0 Å². The minimum Gasteiger partial charge on any atom is -0.314 e. The number of aromatic nitrogens is 3. The van der Waals surface area contributed by atoms with Crippen molar-refractivity contribution in [1.29, 1.82) is 0 Å². The van der Waals surface area contributed by atoms with Gasteiger partial charge in [-0.3, -0.25) is 0 Å². The number of likely N-dealkylation sites (tertiary alicyclic amines) is 1. The fourth-order valence-corrected chi connectivity index (χ4v) is 3.56. The van der Waals surface area contributed by atoms with Gasteiger partial charge in [-0.2, -0.15) is 0 Å². The first-order valence-electron chi connectivity index (χ1n) is 8.18. The van der Waals surface area contributed by atoms with Crippen LogP contribution in [0.15, 0.2) is 0 Å². The summed E-state index contributed by atoms with van der Waals surface area (Å²) in [6.45, 7) is 9.30. The van der Waals surface area contributed by atoms with E-state index in [-0.39, 0.29) is 0 Å². The summed E-state index contributed by atoms with van der Waals surface area (Å²) in [5.74, 6) is 2.31. The summed E-state index contributed by atoms with van der Waals surface area (Å²) in [6, 6.07) is 0.949. The molecule has 5 heteroatoms. The van der Waals surface area contributed by atoms with Crippen LogP contribution in [0.4, 0.5) is 0 Å². The number of piperidine rings is 1. The van der Waals surface area contributed by atoms with E-state index >= 15 is 0 Å². The molecule has 0 saturated carbocycles. The molecule has 3 rings (SSSR count). The second kappa shape index (κ2) is 6.22. The van der Waals surface area contributed by atoms with Gasteiger partial charge in [0.05, 0.1) is 6.04 Å². The maximum atomic E-state index is 4.39. The first-order chi connectivity index (χ1) is 9.78. The molecule has 3 heterocycles. The Balaban J connectivity index is 1.53. The Morgan fingerprint density at radius 3 is 2.80 bits per heavy atom. The monoisotopic (exact) mass is 277 g/mol. The summed E-state index contributed by atoms with van der Waals surface area (Å²) in [4.78, 5) is 2.58. The van der Waals surface area contributed by atoms with Crippen LogP contribution >= 0.6 is 0 Å². The van der Waals surface area contributed by atoms with E-state index in [1.807, 2.05) is 0 Å². The molecule has 0 bridgehead atoms. The zero-order valence-electron chi connectivity index (χ0n) is 12.8. The van der Waals surface area contributed by atoms with Crippen molar-refractivity contribution < 1.29 is 0 Å². The molecule has 20 heavy (non-hydrogen) atoms. The van der Waals surface area contributed by atoms with Crippen molar-refractivity contribution in [3.63, 3.8) is 0 Å². The van der Waals surface area contributed by atoms with E-state index in [4.69, 9.17) is 0 Å². The Labute approximate surface area is 121 Å². The van der Waals surface area contributed by atoms with Crippen molar-refractivity contribution in [2.24, 2.45) is 0 Å². The molecule has 0 amide bonds. The van der Waals surface area contributed by atoms with Crippen LogP contribution in [-0.4, -0.2) is 45.3 Å². The molecule has 1 aromatic heterocycles. The molecular weight excluding hydrogens is 250 g/mol. The molecule has 1 fully saturated rings. The molecule has 0 radical (unpaired) electrons. The second-order valence-corrected chi connectivity index (χ2v) is 6.23. The molecule has 0 aliphatic carbocycles. The summed E-state index contributed by atoms with van der Waals surface area (Å²) < 4.78 is 2.31. The molecule has 1 atom stereocenters. The van der Waals surface area contributed by atoms with Gasteiger partial charge < -0.3 is 14.8 Å². The summed E-state index contributed by atoms with van der Waals surface area (Å²) in [7, 11) is 0. The summed E-state index contributed by atoms with van der Waals surface area (Å²) in [6.07, 6.45) is 6.09. The number of rotatable bonds is 5. The van der Waals surface area contributed by atoms with Crippen LogP contribution in [0.2, 0.25) is 0 Å². The van der Waals surface area contributed by atoms with Gasteiger partial charge >= 0.3 is 0 Å². The Hall–Kier alpha value is -0.940. The van der Waals surface area contributed by atoms with Crippen LogP contribution < -0.4 is 5.32 Å². The lowest BCUT2D eigenvalue weighted by atomic mass is 10.0. The van der Waals surface area contributed by atoms with Gasteiger partial charge in [0, 0.05) is 19.0 Å². The van der Waals surface area contributed by atoms with E-state index in [9.17, 15) is 0 Å². The summed E-state index contributed by atoms with van der Waals surface area (Å²) in [5.41, 5.74) is 0. The van der Waals surface area contributed by atoms with E-state index in [2.05, 4.69) is 38.8 Å². The minimum absolute atomic E-state index is 0.317. The molecule has 0 spiro atoms. The van der Waals surface area contributed by atoms with E-state index in [0.717, 1.165) is 18.8 Å². The lowest BCUT2D eigenvalue weighted by Gasteiger charge is -2.33. The molecule has 2 aliphatic rings. The lowest BCUT2D eigenvalue weighted by molar-refractivity contribution is 0.191. The SMILES string of the molecule is CCCN1CCC(NC(C)c2nnc3n2CCC3)CC1. The van der Waals surface area contributed by atoms with Crippen molar-refractivity contribution in [3.05, 3.63) is 11.6 Å². The van der Waals surface area contributed by atoms with Crippen molar-refractivity contribution in [3.8, 4) is 0 Å². The van der Waals surface area contributed by atoms with Gasteiger partial charge in [0.2, 0.25) is 0 Å². The highest BCUT2D eigenvalue weighted by Crippen LogP contribution is 2.21. The van der Waals surface area contributed by atoms with Crippen molar-refractivity contribution in [1.82, 2.24) is 25.0 Å². The predicted molar refractivity (Wildman–Crippen MR) is 79.6 cm³/mol. The molecule has 1 unspecified atom stereocenters. The number of hydrogen-bond acceptors (Lipinski definition) is 4. The smallest absolute Gasteiger partial charge is 0.149 e. The molecule has 1 saturated heterocycles. The number of fused-ring (bicyclic) bond motifs is 1. The molecule has 112 valence electrons. The highest BCUT2D eigenvalue weighted by molar-refractivity contribution is 5.04. The quantitative estimate of drug-likeness (QED) is 0.890. The van der Waals surface area contributed by atoms with Gasteiger partial charge in [0.1, 0.15) is 11.6 Å². The Bertz CT molecular complexity index is 433. The molecule has 5 nitrogen and oxygen atoms in total. The number of nitrogens with zero attached hydrogens (tertiary/aromatic N) is 4. The van der Waals surface area contributed by atoms with Gasteiger partial charge in [-0.1, -0.05) is 6.92 Å². The third-order valence-electron chi connectivity index (χ3n) is 4.64. The minimum atomic E-state index is 0.317. The Kier molecular flexibility index (Phi) is 4.36. The number of nitrogens with one attached hydrogen (secondary N) is 1. The van der Waals surface area contributed by atoms with Crippen LogP contribution in [0.3, 0.4) is 0 Å². The van der Waals surface area contributed by atoms with E-state index in [0.29, 0.717) is 12.1 Å². The maximum Gasteiger partial charge on any atom is 0.149 e. The highest BCUT2D eigenvalue weighted by atomic mass is 15.3. The van der Waals surface area contributed by atoms with Gasteiger partial charge in [-0.05, 0) is 52.2 Å². The molecule has 0 aromatic carbocycles. The average Bonchev–Trinajstić information content (AvgIpc) is 3.03. The average molecular weight is 277 g/mol. The standard InChI is InChI=1S/C15H27N5/c1-3-8-19-10-6-13(7-11-19)16-12(2)15-18-17-14-5-4-9-20(14)15/h12-13,16H,3-11H2,1-2H3. The molecular formula is C15H27N5. The van der Waals surface area contributed by atoms with Gasteiger partial charge in [-0.15, -0.1) is 10.2 Å². The normalized spacial score (nSPS) is 22.1.